The Bertz CT molecular complexity index is 1660. The number of rotatable bonds is 12. The predicted molar refractivity (Wildman–Crippen MR) is 155 cm³/mol. The normalized spacial score (nSPS) is 13.3. The van der Waals surface area contributed by atoms with Gasteiger partial charge in [-0.05, 0) is 55.2 Å². The number of carbonyl (C=O) groups excluding carboxylic acids is 1. The topological polar surface area (TPSA) is 124 Å². The Kier molecular flexibility index (Phi) is 8.34. The summed E-state index contributed by atoms with van der Waals surface area (Å²) in [7, 11) is -3.39. The third-order valence-electron chi connectivity index (χ3n) is 6.11. The van der Waals surface area contributed by atoms with E-state index in [1.807, 2.05) is 22.9 Å². The standard InChI is InChI=1S/C27H27Cl2N5O5S/c1-40(36,37)15-25(35)30-9-11-34-10-8-22-26(34)27(32-16-31-22)33-18-4-7-23(21(29)12-18)39-19-5-6-20(28)24(13-19)38-14-17-2-3-17/h4-8,10,12-13,16-17H,2-3,9,11,14-15H2,1H3,(H,30,35)(H,31,32,33). The number of nitrogens with one attached hydrogen (secondary N) is 2. The van der Waals surface area contributed by atoms with Gasteiger partial charge < -0.3 is 24.7 Å². The molecule has 10 nitrogen and oxygen atoms in total. The first kappa shape index (κ1) is 28.0. The average Bonchev–Trinajstić information content (AvgIpc) is 3.63. The highest BCUT2D eigenvalue weighted by molar-refractivity contribution is 7.91. The van der Waals surface area contributed by atoms with E-state index in [1.165, 1.54) is 19.2 Å². The molecule has 0 saturated heterocycles. The second-order valence-electron chi connectivity index (χ2n) is 9.60. The van der Waals surface area contributed by atoms with Gasteiger partial charge in [0, 0.05) is 37.3 Å². The minimum atomic E-state index is -3.39. The minimum Gasteiger partial charge on any atom is -0.492 e. The van der Waals surface area contributed by atoms with Crippen LogP contribution in [0, 0.1) is 5.92 Å². The van der Waals surface area contributed by atoms with Crippen LogP contribution in [-0.4, -0.2) is 54.0 Å². The maximum atomic E-state index is 11.8. The van der Waals surface area contributed by atoms with E-state index in [0.29, 0.717) is 63.4 Å². The van der Waals surface area contributed by atoms with Gasteiger partial charge in [0.2, 0.25) is 5.91 Å². The minimum absolute atomic E-state index is 0.238. The van der Waals surface area contributed by atoms with E-state index in [0.717, 1.165) is 11.8 Å². The van der Waals surface area contributed by atoms with Gasteiger partial charge in [0.15, 0.2) is 15.7 Å². The maximum Gasteiger partial charge on any atom is 0.235 e. The van der Waals surface area contributed by atoms with Crippen LogP contribution in [0.5, 0.6) is 17.2 Å². The van der Waals surface area contributed by atoms with E-state index in [9.17, 15) is 13.2 Å². The summed E-state index contributed by atoms with van der Waals surface area (Å²) in [6.07, 6.45) is 6.66. The number of nitrogens with zero attached hydrogens (tertiary/aromatic N) is 3. The van der Waals surface area contributed by atoms with Crippen LogP contribution < -0.4 is 20.1 Å². The zero-order chi connectivity index (χ0) is 28.3. The van der Waals surface area contributed by atoms with Crippen LogP contribution in [0.2, 0.25) is 10.0 Å². The molecule has 0 aliphatic heterocycles. The second kappa shape index (κ2) is 11.9. The van der Waals surface area contributed by atoms with Crippen molar-refractivity contribution in [3.63, 3.8) is 0 Å². The van der Waals surface area contributed by atoms with Crippen LogP contribution in [-0.2, 0) is 21.2 Å². The summed E-state index contributed by atoms with van der Waals surface area (Å²) in [6.45, 7) is 1.27. The quantitative estimate of drug-likeness (QED) is 0.226. The number of hydrogen-bond donors (Lipinski definition) is 2. The van der Waals surface area contributed by atoms with Crippen LogP contribution in [0.25, 0.3) is 11.0 Å². The van der Waals surface area contributed by atoms with Gasteiger partial charge in [-0.15, -0.1) is 0 Å². The van der Waals surface area contributed by atoms with Gasteiger partial charge in [-0.1, -0.05) is 23.2 Å². The van der Waals surface area contributed by atoms with Crippen LogP contribution in [0.15, 0.2) is 55.0 Å². The average molecular weight is 605 g/mol. The second-order valence-corrected chi connectivity index (χ2v) is 12.6. The maximum absolute atomic E-state index is 11.8. The number of fused-ring (bicyclic) bond motifs is 1. The molecule has 1 aliphatic carbocycles. The SMILES string of the molecule is CS(=O)(=O)CC(=O)NCCn1ccc2ncnc(Nc3ccc(Oc4ccc(Cl)c(OCC5CC5)c4)c(Cl)c3)c21. The Balaban J connectivity index is 1.27. The first-order valence-corrected chi connectivity index (χ1v) is 15.4. The molecule has 0 bridgehead atoms. The number of anilines is 2. The molecule has 210 valence electrons. The highest BCUT2D eigenvalue weighted by atomic mass is 35.5. The van der Waals surface area contributed by atoms with E-state index < -0.39 is 21.5 Å². The van der Waals surface area contributed by atoms with Crippen LogP contribution in [0.3, 0.4) is 0 Å². The Morgan fingerprint density at radius 2 is 1.90 bits per heavy atom. The summed E-state index contributed by atoms with van der Waals surface area (Å²) in [5.74, 6) is 1.63. The first-order chi connectivity index (χ1) is 19.1. The fourth-order valence-corrected chi connectivity index (χ4v) is 4.96. The van der Waals surface area contributed by atoms with E-state index in [2.05, 4.69) is 20.6 Å². The molecule has 1 fully saturated rings. The van der Waals surface area contributed by atoms with Gasteiger partial charge in [-0.2, -0.15) is 0 Å². The highest BCUT2D eigenvalue weighted by Gasteiger charge is 2.22. The van der Waals surface area contributed by atoms with Gasteiger partial charge in [0.1, 0.15) is 34.8 Å². The lowest BCUT2D eigenvalue weighted by atomic mass is 10.2. The fourth-order valence-electron chi connectivity index (χ4n) is 3.99. The molecule has 2 heterocycles. The van der Waals surface area contributed by atoms with E-state index in [4.69, 9.17) is 32.7 Å². The zero-order valence-electron chi connectivity index (χ0n) is 21.6. The van der Waals surface area contributed by atoms with Crippen LogP contribution in [0.1, 0.15) is 12.8 Å². The number of sulfone groups is 1. The fraction of sp³-hybridized carbons (Fsp3) is 0.296. The summed E-state index contributed by atoms with van der Waals surface area (Å²) in [5.41, 5.74) is 2.10. The van der Waals surface area contributed by atoms with E-state index >= 15 is 0 Å². The van der Waals surface area contributed by atoms with Crippen molar-refractivity contribution in [1.82, 2.24) is 19.9 Å². The lowest BCUT2D eigenvalue weighted by Gasteiger charge is -2.14. The number of amides is 1. The van der Waals surface area contributed by atoms with Crippen molar-refractivity contribution < 1.29 is 22.7 Å². The number of halogens is 2. The van der Waals surface area contributed by atoms with Crippen molar-refractivity contribution in [3.8, 4) is 17.2 Å². The number of aromatic nitrogens is 3. The number of ether oxygens (including phenoxy) is 2. The van der Waals surface area contributed by atoms with Gasteiger partial charge in [-0.25, -0.2) is 18.4 Å². The molecule has 0 unspecified atom stereocenters. The highest BCUT2D eigenvalue weighted by Crippen LogP contribution is 2.37. The summed E-state index contributed by atoms with van der Waals surface area (Å²) in [5, 5.41) is 6.80. The Morgan fingerprint density at radius 3 is 2.65 bits per heavy atom. The molecule has 4 aromatic rings. The van der Waals surface area contributed by atoms with Crippen molar-refractivity contribution in [2.24, 2.45) is 5.92 Å². The molecule has 0 radical (unpaired) electrons. The third kappa shape index (κ3) is 7.35. The smallest absolute Gasteiger partial charge is 0.235 e. The lowest BCUT2D eigenvalue weighted by Crippen LogP contribution is -2.32. The molecule has 2 aromatic carbocycles. The molecule has 2 aromatic heterocycles. The third-order valence-corrected chi connectivity index (χ3v) is 7.51. The van der Waals surface area contributed by atoms with E-state index in [1.54, 1.807) is 30.3 Å². The van der Waals surface area contributed by atoms with Gasteiger partial charge >= 0.3 is 0 Å². The molecule has 2 N–H and O–H groups in total. The van der Waals surface area contributed by atoms with Gasteiger partial charge in [-0.3, -0.25) is 4.79 Å². The molecule has 1 amide bonds. The van der Waals surface area contributed by atoms with Crippen molar-refractivity contribution in [1.29, 1.82) is 0 Å². The van der Waals surface area contributed by atoms with Gasteiger partial charge in [0.25, 0.3) is 0 Å². The van der Waals surface area contributed by atoms with E-state index in [-0.39, 0.29) is 6.54 Å². The molecule has 0 spiro atoms. The lowest BCUT2D eigenvalue weighted by molar-refractivity contribution is -0.118. The molecular weight excluding hydrogens is 577 g/mol. The first-order valence-electron chi connectivity index (χ1n) is 12.6. The summed E-state index contributed by atoms with van der Waals surface area (Å²) in [4.78, 5) is 20.5. The monoisotopic (exact) mass is 603 g/mol. The number of hydrogen-bond acceptors (Lipinski definition) is 8. The van der Waals surface area contributed by atoms with Gasteiger partial charge in [0.05, 0.1) is 22.2 Å². The summed E-state index contributed by atoms with van der Waals surface area (Å²) < 4.78 is 36.3. The molecule has 40 heavy (non-hydrogen) atoms. The van der Waals surface area contributed by atoms with Crippen molar-refractivity contribution in [2.45, 2.75) is 19.4 Å². The predicted octanol–water partition coefficient (Wildman–Crippen LogP) is 5.22. The summed E-state index contributed by atoms with van der Waals surface area (Å²) in [6, 6.07) is 12.4. The molecule has 13 heteroatoms. The largest absolute Gasteiger partial charge is 0.492 e. The van der Waals surface area contributed by atoms with Crippen LogP contribution >= 0.6 is 23.2 Å². The zero-order valence-corrected chi connectivity index (χ0v) is 23.9. The number of benzene rings is 2. The van der Waals surface area contributed by atoms with Crippen LogP contribution in [0.4, 0.5) is 11.5 Å². The number of carbonyl (C=O) groups is 1. The Labute approximate surface area is 241 Å². The van der Waals surface area contributed by atoms with Crippen molar-refractivity contribution >= 4 is 61.5 Å². The molecule has 5 rings (SSSR count). The Hall–Kier alpha value is -3.54. The molecule has 0 atom stereocenters. The van der Waals surface area contributed by atoms with Crippen molar-refractivity contribution in [3.05, 3.63) is 65.0 Å². The molecule has 1 aliphatic rings. The van der Waals surface area contributed by atoms with Crippen molar-refractivity contribution in [2.75, 3.05) is 30.5 Å². The summed E-state index contributed by atoms with van der Waals surface area (Å²) >= 11 is 12.8. The molecular formula is C27H27Cl2N5O5S. The Morgan fingerprint density at radius 1 is 1.07 bits per heavy atom. The molecule has 1 saturated carbocycles.